The standard InChI is InChI=1S/C12H18N2/c1-8-5-4-6-10-11(9(2)13)7-14(3)12(8)10/h4-6,9,11H,7,13H2,1-3H3. The van der Waals surface area contributed by atoms with Crippen molar-refractivity contribution in [2.45, 2.75) is 25.8 Å². The van der Waals surface area contributed by atoms with Crippen molar-refractivity contribution in [2.75, 3.05) is 18.5 Å². The van der Waals surface area contributed by atoms with E-state index in [0.717, 1.165) is 6.54 Å². The summed E-state index contributed by atoms with van der Waals surface area (Å²) in [6, 6.07) is 6.74. The van der Waals surface area contributed by atoms with Gasteiger partial charge >= 0.3 is 0 Å². The molecule has 2 unspecified atom stereocenters. The summed E-state index contributed by atoms with van der Waals surface area (Å²) >= 11 is 0. The van der Waals surface area contributed by atoms with E-state index in [4.69, 9.17) is 5.73 Å². The minimum absolute atomic E-state index is 0.237. The smallest absolute Gasteiger partial charge is 0.0430 e. The molecule has 1 aromatic carbocycles. The van der Waals surface area contributed by atoms with Crippen molar-refractivity contribution in [2.24, 2.45) is 5.73 Å². The largest absolute Gasteiger partial charge is 0.373 e. The Morgan fingerprint density at radius 1 is 1.50 bits per heavy atom. The summed E-state index contributed by atoms with van der Waals surface area (Å²) in [7, 11) is 2.15. The van der Waals surface area contributed by atoms with E-state index in [0.29, 0.717) is 5.92 Å². The molecule has 76 valence electrons. The lowest BCUT2D eigenvalue weighted by Gasteiger charge is -2.15. The van der Waals surface area contributed by atoms with Gasteiger partial charge in [0.2, 0.25) is 0 Å². The number of nitrogens with zero attached hydrogens (tertiary/aromatic N) is 1. The molecule has 0 spiro atoms. The summed E-state index contributed by atoms with van der Waals surface area (Å²) in [4.78, 5) is 2.32. The first-order valence-corrected chi connectivity index (χ1v) is 5.17. The summed E-state index contributed by atoms with van der Waals surface area (Å²) in [5, 5.41) is 0. The Labute approximate surface area is 85.7 Å². The molecule has 1 aliphatic heterocycles. The fourth-order valence-electron chi connectivity index (χ4n) is 2.44. The second-order valence-corrected chi connectivity index (χ2v) is 4.36. The Morgan fingerprint density at radius 2 is 2.21 bits per heavy atom. The zero-order valence-electron chi connectivity index (χ0n) is 9.12. The highest BCUT2D eigenvalue weighted by Crippen LogP contribution is 2.38. The third kappa shape index (κ3) is 1.30. The van der Waals surface area contributed by atoms with E-state index in [9.17, 15) is 0 Å². The van der Waals surface area contributed by atoms with Gasteiger partial charge in [0.25, 0.3) is 0 Å². The predicted molar refractivity (Wildman–Crippen MR) is 60.8 cm³/mol. The van der Waals surface area contributed by atoms with Crippen molar-refractivity contribution in [1.82, 2.24) is 0 Å². The minimum atomic E-state index is 0.237. The second kappa shape index (κ2) is 3.28. The second-order valence-electron chi connectivity index (χ2n) is 4.36. The van der Waals surface area contributed by atoms with Crippen LogP contribution in [0.25, 0.3) is 0 Å². The van der Waals surface area contributed by atoms with Gasteiger partial charge in [-0.1, -0.05) is 18.2 Å². The number of aryl methyl sites for hydroxylation is 1. The molecule has 0 aliphatic carbocycles. The average Bonchev–Trinajstić information content (AvgIpc) is 2.45. The molecule has 1 aliphatic rings. The van der Waals surface area contributed by atoms with Crippen LogP contribution in [0, 0.1) is 6.92 Å². The lowest BCUT2D eigenvalue weighted by molar-refractivity contribution is 0.593. The van der Waals surface area contributed by atoms with Crippen LogP contribution in [0.5, 0.6) is 0 Å². The number of likely N-dealkylation sites (N-methyl/N-ethyl adjacent to an activating group) is 1. The van der Waals surface area contributed by atoms with Crippen molar-refractivity contribution in [3.63, 3.8) is 0 Å². The van der Waals surface area contributed by atoms with Crippen molar-refractivity contribution >= 4 is 5.69 Å². The molecule has 2 N–H and O–H groups in total. The van der Waals surface area contributed by atoms with Gasteiger partial charge in [0.15, 0.2) is 0 Å². The summed E-state index contributed by atoms with van der Waals surface area (Å²) in [5.74, 6) is 0.495. The number of rotatable bonds is 1. The van der Waals surface area contributed by atoms with Gasteiger partial charge in [0.05, 0.1) is 0 Å². The van der Waals surface area contributed by atoms with E-state index >= 15 is 0 Å². The molecule has 0 saturated carbocycles. The number of nitrogens with two attached hydrogens (primary N) is 1. The van der Waals surface area contributed by atoms with Gasteiger partial charge in [-0.05, 0) is 25.0 Å². The van der Waals surface area contributed by atoms with Crippen molar-refractivity contribution in [3.8, 4) is 0 Å². The highest BCUT2D eigenvalue weighted by atomic mass is 15.1. The van der Waals surface area contributed by atoms with E-state index in [2.05, 4.69) is 44.0 Å². The topological polar surface area (TPSA) is 29.3 Å². The van der Waals surface area contributed by atoms with E-state index < -0.39 is 0 Å². The van der Waals surface area contributed by atoms with Crippen LogP contribution in [0.1, 0.15) is 24.0 Å². The fourth-order valence-corrected chi connectivity index (χ4v) is 2.44. The van der Waals surface area contributed by atoms with Crippen molar-refractivity contribution < 1.29 is 0 Å². The Hall–Kier alpha value is -1.02. The van der Waals surface area contributed by atoms with E-state index in [1.807, 2.05) is 0 Å². The van der Waals surface area contributed by atoms with Crippen LogP contribution >= 0.6 is 0 Å². The molecule has 0 radical (unpaired) electrons. The summed E-state index contributed by atoms with van der Waals surface area (Å²) < 4.78 is 0. The molecule has 2 atom stereocenters. The molecule has 0 fully saturated rings. The van der Waals surface area contributed by atoms with Crippen LogP contribution in [0.15, 0.2) is 18.2 Å². The van der Waals surface area contributed by atoms with Gasteiger partial charge in [0.1, 0.15) is 0 Å². The van der Waals surface area contributed by atoms with Crippen LogP contribution in [-0.4, -0.2) is 19.6 Å². The summed E-state index contributed by atoms with van der Waals surface area (Å²) in [5.41, 5.74) is 10.2. The highest BCUT2D eigenvalue weighted by Gasteiger charge is 2.29. The monoisotopic (exact) mass is 190 g/mol. The van der Waals surface area contributed by atoms with Gasteiger partial charge in [-0.2, -0.15) is 0 Å². The Morgan fingerprint density at radius 3 is 2.86 bits per heavy atom. The first-order chi connectivity index (χ1) is 6.61. The lowest BCUT2D eigenvalue weighted by atomic mass is 9.94. The summed E-state index contributed by atoms with van der Waals surface area (Å²) in [6.45, 7) is 5.31. The number of hydrogen-bond donors (Lipinski definition) is 1. The van der Waals surface area contributed by atoms with E-state index in [1.54, 1.807) is 0 Å². The molecule has 2 nitrogen and oxygen atoms in total. The molecular formula is C12H18N2. The number of hydrogen-bond acceptors (Lipinski definition) is 2. The quantitative estimate of drug-likeness (QED) is 0.732. The first kappa shape index (κ1) is 9.53. The zero-order valence-corrected chi connectivity index (χ0v) is 9.12. The average molecular weight is 190 g/mol. The molecule has 2 heteroatoms. The highest BCUT2D eigenvalue weighted by molar-refractivity contribution is 5.64. The van der Waals surface area contributed by atoms with Crippen LogP contribution in [0.4, 0.5) is 5.69 Å². The van der Waals surface area contributed by atoms with Crippen LogP contribution in [-0.2, 0) is 0 Å². The Bertz CT molecular complexity index is 344. The van der Waals surface area contributed by atoms with Crippen molar-refractivity contribution in [1.29, 1.82) is 0 Å². The Kier molecular flexibility index (Phi) is 2.23. The molecule has 0 bridgehead atoms. The maximum absolute atomic E-state index is 6.00. The van der Waals surface area contributed by atoms with Crippen LogP contribution in [0.3, 0.4) is 0 Å². The van der Waals surface area contributed by atoms with Gasteiger partial charge < -0.3 is 10.6 Å². The van der Waals surface area contributed by atoms with Gasteiger partial charge in [-0.3, -0.25) is 0 Å². The van der Waals surface area contributed by atoms with Gasteiger partial charge in [0, 0.05) is 31.2 Å². The lowest BCUT2D eigenvalue weighted by Crippen LogP contribution is -2.28. The Balaban J connectivity index is 2.49. The van der Waals surface area contributed by atoms with E-state index in [1.165, 1.54) is 16.8 Å². The van der Waals surface area contributed by atoms with Crippen LogP contribution < -0.4 is 10.6 Å². The number of benzene rings is 1. The van der Waals surface area contributed by atoms with Gasteiger partial charge in [-0.25, -0.2) is 0 Å². The fraction of sp³-hybridized carbons (Fsp3) is 0.500. The third-order valence-electron chi connectivity index (χ3n) is 3.16. The normalized spacial score (nSPS) is 22.3. The van der Waals surface area contributed by atoms with Gasteiger partial charge in [-0.15, -0.1) is 0 Å². The zero-order chi connectivity index (χ0) is 10.3. The molecule has 0 aromatic heterocycles. The predicted octanol–water partition coefficient (Wildman–Crippen LogP) is 1.88. The maximum atomic E-state index is 6.00. The molecule has 14 heavy (non-hydrogen) atoms. The molecule has 1 heterocycles. The molecule has 0 amide bonds. The number of para-hydroxylation sites is 1. The van der Waals surface area contributed by atoms with Crippen LogP contribution in [0.2, 0.25) is 0 Å². The molecule has 2 rings (SSSR count). The maximum Gasteiger partial charge on any atom is 0.0430 e. The van der Waals surface area contributed by atoms with E-state index in [-0.39, 0.29) is 6.04 Å². The minimum Gasteiger partial charge on any atom is -0.373 e. The molecule has 1 aromatic rings. The first-order valence-electron chi connectivity index (χ1n) is 5.17. The van der Waals surface area contributed by atoms with Crippen molar-refractivity contribution in [3.05, 3.63) is 29.3 Å². The summed E-state index contributed by atoms with van der Waals surface area (Å²) in [6.07, 6.45) is 0. The molecular weight excluding hydrogens is 172 g/mol. The number of fused-ring (bicyclic) bond motifs is 1. The number of anilines is 1. The molecule has 0 saturated heterocycles. The third-order valence-corrected chi connectivity index (χ3v) is 3.16. The SMILES string of the molecule is Cc1cccc2c1N(C)CC2C(C)N.